The van der Waals surface area contributed by atoms with Crippen LogP contribution in [-0.2, 0) is 0 Å². The molecule has 2 N–H and O–H groups in total. The highest BCUT2D eigenvalue weighted by Gasteiger charge is 2.28. The third-order valence-electron chi connectivity index (χ3n) is 5.11. The number of carbonyl (C=O) groups excluding carboxylic acids is 1. The van der Waals surface area contributed by atoms with Gasteiger partial charge in [0.1, 0.15) is 11.5 Å². The van der Waals surface area contributed by atoms with Gasteiger partial charge in [0.25, 0.3) is 5.91 Å². The predicted octanol–water partition coefficient (Wildman–Crippen LogP) is 3.76. The van der Waals surface area contributed by atoms with Crippen LogP contribution >= 0.6 is 0 Å². The Hall–Kier alpha value is -2.70. The van der Waals surface area contributed by atoms with E-state index in [2.05, 4.69) is 20.4 Å². The molecule has 26 heavy (non-hydrogen) atoms. The van der Waals surface area contributed by atoms with Gasteiger partial charge in [-0.2, -0.15) is 4.98 Å². The van der Waals surface area contributed by atoms with Gasteiger partial charge in [-0.05, 0) is 43.9 Å². The van der Waals surface area contributed by atoms with Crippen molar-refractivity contribution in [1.29, 1.82) is 0 Å². The van der Waals surface area contributed by atoms with E-state index in [0.717, 1.165) is 31.2 Å². The van der Waals surface area contributed by atoms with Crippen molar-refractivity contribution in [3.8, 4) is 0 Å². The summed E-state index contributed by atoms with van der Waals surface area (Å²) < 4.78 is 19.0. The van der Waals surface area contributed by atoms with Gasteiger partial charge in [-0.3, -0.25) is 4.79 Å². The number of amides is 1. The second kappa shape index (κ2) is 6.55. The fourth-order valence-electron chi connectivity index (χ4n) is 3.75. The number of carbonyl (C=O) groups is 1. The summed E-state index contributed by atoms with van der Waals surface area (Å²) in [6.45, 7) is 3.66. The Morgan fingerprint density at radius 2 is 2.19 bits per heavy atom. The van der Waals surface area contributed by atoms with E-state index in [-0.39, 0.29) is 23.7 Å². The normalized spacial score (nSPS) is 20.4. The Morgan fingerprint density at radius 1 is 1.35 bits per heavy atom. The zero-order valence-corrected chi connectivity index (χ0v) is 14.8. The molecule has 6 nitrogen and oxygen atoms in total. The monoisotopic (exact) mass is 356 g/mol. The molecule has 2 heterocycles. The zero-order chi connectivity index (χ0) is 18.3. The number of aryl methyl sites for hydroxylation is 2. The highest BCUT2D eigenvalue weighted by Crippen LogP contribution is 2.31. The number of aromatic amines is 1. The second-order valence-corrected chi connectivity index (χ2v) is 7.04. The molecule has 1 fully saturated rings. The molecular weight excluding hydrogens is 335 g/mol. The summed E-state index contributed by atoms with van der Waals surface area (Å²) in [5, 5.41) is 7.52. The van der Waals surface area contributed by atoms with E-state index in [1.54, 1.807) is 19.1 Å². The van der Waals surface area contributed by atoms with Crippen LogP contribution in [0.4, 0.5) is 4.39 Å². The Labute approximate surface area is 150 Å². The minimum absolute atomic E-state index is 0.0393. The molecule has 0 spiro atoms. The zero-order valence-electron chi connectivity index (χ0n) is 14.8. The van der Waals surface area contributed by atoms with Gasteiger partial charge < -0.3 is 14.8 Å². The molecule has 4 rings (SSSR count). The smallest absolute Gasteiger partial charge is 0.267 e. The van der Waals surface area contributed by atoms with Crippen LogP contribution < -0.4 is 5.32 Å². The Morgan fingerprint density at radius 3 is 2.92 bits per heavy atom. The highest BCUT2D eigenvalue weighted by molar-refractivity contribution is 5.99. The molecule has 3 aromatic rings. The number of hydrogen-bond acceptors (Lipinski definition) is 4. The van der Waals surface area contributed by atoms with Crippen molar-refractivity contribution in [2.45, 2.75) is 51.5 Å². The van der Waals surface area contributed by atoms with E-state index in [4.69, 9.17) is 4.52 Å². The molecule has 136 valence electrons. The summed E-state index contributed by atoms with van der Waals surface area (Å²) in [5.41, 5.74) is 1.95. The second-order valence-electron chi connectivity index (χ2n) is 7.04. The summed E-state index contributed by atoms with van der Waals surface area (Å²) in [5.74, 6) is 0.918. The van der Waals surface area contributed by atoms with Crippen molar-refractivity contribution < 1.29 is 13.7 Å². The molecule has 0 bridgehead atoms. The van der Waals surface area contributed by atoms with Crippen LogP contribution in [0.3, 0.4) is 0 Å². The largest absolute Gasteiger partial charge is 0.350 e. The fraction of sp³-hybridized carbons (Fsp3) is 0.421. The lowest BCUT2D eigenvalue weighted by molar-refractivity contribution is 0.0920. The minimum atomic E-state index is -0.328. The molecule has 1 aliphatic rings. The molecule has 1 amide bonds. The summed E-state index contributed by atoms with van der Waals surface area (Å²) in [4.78, 5) is 20.0. The maximum atomic E-state index is 14.0. The lowest BCUT2D eigenvalue weighted by Crippen LogP contribution is -2.38. The van der Waals surface area contributed by atoms with Crippen molar-refractivity contribution in [2.24, 2.45) is 0 Å². The number of nitrogens with one attached hydrogen (secondary N) is 2. The molecule has 1 saturated carbocycles. The van der Waals surface area contributed by atoms with Crippen LogP contribution in [0.15, 0.2) is 22.7 Å². The number of hydrogen-bond donors (Lipinski definition) is 2. The molecule has 1 aliphatic carbocycles. The number of aromatic nitrogens is 3. The van der Waals surface area contributed by atoms with E-state index in [0.29, 0.717) is 28.3 Å². The maximum Gasteiger partial charge on any atom is 0.267 e. The summed E-state index contributed by atoms with van der Waals surface area (Å²) in [6.07, 6.45) is 3.66. The average Bonchev–Trinajstić information content (AvgIpc) is 3.26. The van der Waals surface area contributed by atoms with Crippen LogP contribution in [0.25, 0.3) is 10.9 Å². The number of nitrogens with zero attached hydrogens (tertiary/aromatic N) is 2. The SMILES string of the molecule is Cc1nc([C@@H]2CCC[C@H](NC(=O)c3cc4c(F)ccc(C)c4[nH]3)C2)no1. The van der Waals surface area contributed by atoms with E-state index >= 15 is 0 Å². The van der Waals surface area contributed by atoms with Gasteiger partial charge in [0.05, 0.1) is 5.52 Å². The van der Waals surface area contributed by atoms with Gasteiger partial charge in [0, 0.05) is 24.3 Å². The van der Waals surface area contributed by atoms with Crippen LogP contribution in [0.2, 0.25) is 0 Å². The van der Waals surface area contributed by atoms with Gasteiger partial charge in [0.2, 0.25) is 5.89 Å². The summed E-state index contributed by atoms with van der Waals surface area (Å²) in [7, 11) is 0. The quantitative estimate of drug-likeness (QED) is 0.748. The van der Waals surface area contributed by atoms with Gasteiger partial charge in [-0.15, -0.1) is 0 Å². The van der Waals surface area contributed by atoms with Gasteiger partial charge in [-0.1, -0.05) is 17.6 Å². The molecule has 1 aromatic carbocycles. The number of fused-ring (bicyclic) bond motifs is 1. The van der Waals surface area contributed by atoms with Gasteiger partial charge in [0.15, 0.2) is 5.82 Å². The van der Waals surface area contributed by atoms with E-state index in [9.17, 15) is 9.18 Å². The van der Waals surface area contributed by atoms with Crippen LogP contribution in [0, 0.1) is 19.7 Å². The van der Waals surface area contributed by atoms with Crippen molar-refractivity contribution in [3.05, 3.63) is 47.0 Å². The number of halogens is 1. The average molecular weight is 356 g/mol. The first-order valence-corrected chi connectivity index (χ1v) is 8.90. The van der Waals surface area contributed by atoms with Crippen LogP contribution in [0.1, 0.15) is 59.4 Å². The summed E-state index contributed by atoms with van der Waals surface area (Å²) in [6, 6.07) is 4.74. The Kier molecular flexibility index (Phi) is 4.22. The Balaban J connectivity index is 1.49. The van der Waals surface area contributed by atoms with Crippen LogP contribution in [0.5, 0.6) is 0 Å². The van der Waals surface area contributed by atoms with Crippen molar-refractivity contribution in [3.63, 3.8) is 0 Å². The van der Waals surface area contributed by atoms with Gasteiger partial charge in [-0.25, -0.2) is 4.39 Å². The molecule has 0 saturated heterocycles. The Bertz CT molecular complexity index is 923. The molecule has 0 radical (unpaired) electrons. The van der Waals surface area contributed by atoms with Crippen molar-refractivity contribution >= 4 is 16.8 Å². The summed E-state index contributed by atoms with van der Waals surface area (Å²) >= 11 is 0. The first kappa shape index (κ1) is 16.8. The number of rotatable bonds is 3. The predicted molar refractivity (Wildman–Crippen MR) is 94.5 cm³/mol. The molecular formula is C19H21FN4O2. The number of benzene rings is 1. The molecule has 0 unspecified atom stereocenters. The van der Waals surface area contributed by atoms with E-state index in [1.165, 1.54) is 6.07 Å². The molecule has 7 heteroatoms. The lowest BCUT2D eigenvalue weighted by atomic mass is 9.85. The fourth-order valence-corrected chi connectivity index (χ4v) is 3.75. The third-order valence-corrected chi connectivity index (χ3v) is 5.11. The lowest BCUT2D eigenvalue weighted by Gasteiger charge is -2.27. The minimum Gasteiger partial charge on any atom is -0.350 e. The topological polar surface area (TPSA) is 83.8 Å². The first-order valence-electron chi connectivity index (χ1n) is 8.90. The van der Waals surface area contributed by atoms with Crippen molar-refractivity contribution in [2.75, 3.05) is 0 Å². The highest BCUT2D eigenvalue weighted by atomic mass is 19.1. The van der Waals surface area contributed by atoms with E-state index < -0.39 is 0 Å². The van der Waals surface area contributed by atoms with E-state index in [1.807, 2.05) is 6.92 Å². The molecule has 0 aliphatic heterocycles. The van der Waals surface area contributed by atoms with Crippen LogP contribution in [-0.4, -0.2) is 27.1 Å². The maximum absolute atomic E-state index is 14.0. The number of H-pyrrole nitrogens is 1. The van der Waals surface area contributed by atoms with Gasteiger partial charge >= 0.3 is 0 Å². The molecule has 2 atom stereocenters. The third kappa shape index (κ3) is 3.09. The first-order chi connectivity index (χ1) is 12.5. The van der Waals surface area contributed by atoms with Crippen molar-refractivity contribution in [1.82, 2.24) is 20.4 Å². The standard InChI is InChI=1S/C19H21FN4O2/c1-10-6-7-15(20)14-9-16(23-17(10)14)19(25)22-13-5-3-4-12(8-13)18-21-11(2)26-24-18/h6-7,9,12-13,23H,3-5,8H2,1-2H3,(H,22,25)/t12-,13+/m1/s1. The molecule has 2 aromatic heterocycles.